The molecular formula is C20H24O. The van der Waals surface area contributed by atoms with Crippen LogP contribution in [0.4, 0.5) is 0 Å². The average molecular weight is 280 g/mol. The first kappa shape index (κ1) is 13.3. The summed E-state index contributed by atoms with van der Waals surface area (Å²) in [6.07, 6.45) is 3.39. The Morgan fingerprint density at radius 3 is 2.48 bits per heavy atom. The van der Waals surface area contributed by atoms with Crippen molar-refractivity contribution in [3.63, 3.8) is 0 Å². The second-order valence-corrected chi connectivity index (χ2v) is 7.47. The van der Waals surface area contributed by atoms with Crippen molar-refractivity contribution in [3.05, 3.63) is 48.0 Å². The maximum atomic E-state index is 10.5. The van der Waals surface area contributed by atoms with Crippen LogP contribution in [0.3, 0.4) is 0 Å². The largest absolute Gasteiger partial charge is 0.393 e. The van der Waals surface area contributed by atoms with E-state index < -0.39 is 0 Å². The standard InChI is InChI=1S/C20H24O/c1-13(2)20(12-14-9-18(20)19(21)10-14)17-8-7-15-5-3-4-6-16(15)11-17/h3-8,11,13-14,18-19,21H,9-10,12H2,1-2H3. The third kappa shape index (κ3) is 1.80. The van der Waals surface area contributed by atoms with Crippen molar-refractivity contribution in [1.82, 2.24) is 0 Å². The van der Waals surface area contributed by atoms with Crippen LogP contribution in [0.1, 0.15) is 38.7 Å². The van der Waals surface area contributed by atoms with Crippen LogP contribution in [0.5, 0.6) is 0 Å². The molecule has 0 radical (unpaired) electrons. The van der Waals surface area contributed by atoms with Crippen LogP contribution in [0.15, 0.2) is 42.5 Å². The average Bonchev–Trinajstić information content (AvgIpc) is 3.04. The maximum absolute atomic E-state index is 10.5. The Bertz CT molecular complexity index is 674. The lowest BCUT2D eigenvalue weighted by atomic mass is 9.61. The van der Waals surface area contributed by atoms with Crippen molar-refractivity contribution in [3.8, 4) is 0 Å². The van der Waals surface area contributed by atoms with E-state index in [0.717, 1.165) is 12.3 Å². The summed E-state index contributed by atoms with van der Waals surface area (Å²) in [7, 11) is 0. The van der Waals surface area contributed by atoms with Crippen LogP contribution in [0.25, 0.3) is 10.8 Å². The Morgan fingerprint density at radius 2 is 1.81 bits per heavy atom. The van der Waals surface area contributed by atoms with E-state index in [1.165, 1.54) is 29.2 Å². The number of aliphatic hydroxyl groups is 1. The van der Waals surface area contributed by atoms with E-state index in [0.29, 0.717) is 11.8 Å². The van der Waals surface area contributed by atoms with Gasteiger partial charge >= 0.3 is 0 Å². The number of rotatable bonds is 2. The molecule has 0 spiro atoms. The van der Waals surface area contributed by atoms with E-state index in [1.54, 1.807) is 0 Å². The lowest BCUT2D eigenvalue weighted by molar-refractivity contribution is 0.0418. The van der Waals surface area contributed by atoms with Crippen molar-refractivity contribution < 1.29 is 5.11 Å². The zero-order valence-electron chi connectivity index (χ0n) is 12.9. The molecule has 0 aliphatic heterocycles. The summed E-state index contributed by atoms with van der Waals surface area (Å²) in [6.45, 7) is 4.67. The molecule has 1 heteroatoms. The Morgan fingerprint density at radius 1 is 1.05 bits per heavy atom. The number of fused-ring (bicyclic) bond motifs is 3. The van der Waals surface area contributed by atoms with Gasteiger partial charge in [0.2, 0.25) is 0 Å². The Hall–Kier alpha value is -1.34. The number of aliphatic hydroxyl groups excluding tert-OH is 1. The zero-order chi connectivity index (χ0) is 14.6. The quantitative estimate of drug-likeness (QED) is 0.857. The molecule has 4 atom stereocenters. The molecule has 2 aliphatic carbocycles. The predicted molar refractivity (Wildman–Crippen MR) is 87.3 cm³/mol. The molecule has 2 aromatic rings. The molecule has 110 valence electrons. The third-order valence-corrected chi connectivity index (χ3v) is 6.23. The molecule has 0 saturated heterocycles. The van der Waals surface area contributed by atoms with Crippen molar-refractivity contribution in [2.24, 2.45) is 17.8 Å². The van der Waals surface area contributed by atoms with Crippen LogP contribution < -0.4 is 0 Å². The molecule has 2 aromatic carbocycles. The number of hydrogen-bond donors (Lipinski definition) is 1. The molecule has 0 aromatic heterocycles. The highest BCUT2D eigenvalue weighted by molar-refractivity contribution is 5.83. The van der Waals surface area contributed by atoms with Gasteiger partial charge in [-0.1, -0.05) is 56.3 Å². The molecule has 2 fully saturated rings. The Labute approximate surface area is 127 Å². The van der Waals surface area contributed by atoms with Gasteiger partial charge in [0.1, 0.15) is 0 Å². The summed E-state index contributed by atoms with van der Waals surface area (Å²) >= 11 is 0. The SMILES string of the molecule is CC(C)C1(c2ccc3ccccc3c2)CC2CC(O)C1C2. The van der Waals surface area contributed by atoms with Gasteiger partial charge in [0.05, 0.1) is 6.10 Å². The lowest BCUT2D eigenvalue weighted by Crippen LogP contribution is -2.43. The van der Waals surface area contributed by atoms with Gasteiger partial charge in [-0.2, -0.15) is 0 Å². The molecule has 2 aliphatic rings. The summed E-state index contributed by atoms with van der Waals surface area (Å²) in [5, 5.41) is 13.1. The van der Waals surface area contributed by atoms with Gasteiger partial charge in [-0.3, -0.25) is 0 Å². The molecule has 0 heterocycles. The first-order valence-corrected chi connectivity index (χ1v) is 8.28. The molecular weight excluding hydrogens is 256 g/mol. The smallest absolute Gasteiger partial charge is 0.0579 e. The van der Waals surface area contributed by atoms with E-state index >= 15 is 0 Å². The molecule has 4 rings (SSSR count). The van der Waals surface area contributed by atoms with Crippen LogP contribution in [-0.4, -0.2) is 11.2 Å². The second kappa shape index (κ2) is 4.58. The minimum Gasteiger partial charge on any atom is -0.393 e. The highest BCUT2D eigenvalue weighted by Crippen LogP contribution is 2.60. The monoisotopic (exact) mass is 280 g/mol. The predicted octanol–water partition coefficient (Wildman–Crippen LogP) is 4.52. The lowest BCUT2D eigenvalue weighted by Gasteiger charge is -2.44. The highest BCUT2D eigenvalue weighted by Gasteiger charge is 2.57. The fourth-order valence-corrected chi connectivity index (χ4v) is 5.28. The zero-order valence-corrected chi connectivity index (χ0v) is 12.9. The van der Waals surface area contributed by atoms with Gasteiger partial charge in [-0.05, 0) is 53.4 Å². The topological polar surface area (TPSA) is 20.2 Å². The summed E-state index contributed by atoms with van der Waals surface area (Å²) in [5.41, 5.74) is 1.62. The van der Waals surface area contributed by atoms with Gasteiger partial charge < -0.3 is 5.11 Å². The first-order valence-electron chi connectivity index (χ1n) is 8.28. The van der Waals surface area contributed by atoms with Gasteiger partial charge in [0.25, 0.3) is 0 Å². The third-order valence-electron chi connectivity index (χ3n) is 6.23. The van der Waals surface area contributed by atoms with Gasteiger partial charge in [0, 0.05) is 5.41 Å². The van der Waals surface area contributed by atoms with Crippen molar-refractivity contribution in [2.45, 2.75) is 44.6 Å². The molecule has 2 bridgehead atoms. The molecule has 2 saturated carbocycles. The highest BCUT2D eigenvalue weighted by atomic mass is 16.3. The van der Waals surface area contributed by atoms with E-state index in [9.17, 15) is 5.11 Å². The molecule has 0 amide bonds. The summed E-state index contributed by atoms with van der Waals surface area (Å²) < 4.78 is 0. The Kier molecular flexibility index (Phi) is 2.91. The first-order chi connectivity index (χ1) is 10.1. The van der Waals surface area contributed by atoms with Crippen molar-refractivity contribution >= 4 is 10.8 Å². The number of benzene rings is 2. The summed E-state index contributed by atoms with van der Waals surface area (Å²) in [4.78, 5) is 0. The summed E-state index contributed by atoms with van der Waals surface area (Å²) in [6, 6.07) is 15.5. The van der Waals surface area contributed by atoms with E-state index in [1.807, 2.05) is 0 Å². The maximum Gasteiger partial charge on any atom is 0.0579 e. The van der Waals surface area contributed by atoms with E-state index in [4.69, 9.17) is 0 Å². The van der Waals surface area contributed by atoms with Crippen molar-refractivity contribution in [1.29, 1.82) is 0 Å². The number of hydrogen-bond acceptors (Lipinski definition) is 1. The molecule has 1 N–H and O–H groups in total. The van der Waals surface area contributed by atoms with Gasteiger partial charge in [-0.15, -0.1) is 0 Å². The molecule has 21 heavy (non-hydrogen) atoms. The van der Waals surface area contributed by atoms with Crippen LogP contribution in [-0.2, 0) is 5.41 Å². The minimum atomic E-state index is -0.0994. The van der Waals surface area contributed by atoms with Gasteiger partial charge in [-0.25, -0.2) is 0 Å². The second-order valence-electron chi connectivity index (χ2n) is 7.47. The van der Waals surface area contributed by atoms with Gasteiger partial charge in [0.15, 0.2) is 0 Å². The van der Waals surface area contributed by atoms with Crippen LogP contribution in [0, 0.1) is 17.8 Å². The fraction of sp³-hybridized carbons (Fsp3) is 0.500. The van der Waals surface area contributed by atoms with Crippen LogP contribution >= 0.6 is 0 Å². The normalized spacial score (nSPS) is 35.0. The molecule has 4 unspecified atom stereocenters. The fourth-order valence-electron chi connectivity index (χ4n) is 5.28. The summed E-state index contributed by atoms with van der Waals surface area (Å²) in [5.74, 6) is 1.74. The Balaban J connectivity index is 1.87. The van der Waals surface area contributed by atoms with Crippen molar-refractivity contribution in [2.75, 3.05) is 0 Å². The van der Waals surface area contributed by atoms with E-state index in [-0.39, 0.29) is 11.5 Å². The minimum absolute atomic E-state index is 0.0994. The molecule has 1 nitrogen and oxygen atoms in total. The van der Waals surface area contributed by atoms with E-state index in [2.05, 4.69) is 56.3 Å². The van der Waals surface area contributed by atoms with Crippen LogP contribution in [0.2, 0.25) is 0 Å².